The molecule has 2 unspecified atom stereocenters. The van der Waals surface area contributed by atoms with Gasteiger partial charge in [0.25, 0.3) is 0 Å². The summed E-state index contributed by atoms with van der Waals surface area (Å²) in [6, 6.07) is 9.18. The minimum atomic E-state index is 0.700. The lowest BCUT2D eigenvalue weighted by Crippen LogP contribution is -2.37. The van der Waals surface area contributed by atoms with E-state index in [1.54, 1.807) is 0 Å². The van der Waals surface area contributed by atoms with Gasteiger partial charge in [-0.25, -0.2) is 4.98 Å². The third-order valence-corrected chi connectivity index (χ3v) is 4.59. The zero-order chi connectivity index (χ0) is 13.9. The Hall–Kier alpha value is -1.35. The monoisotopic (exact) mass is 271 g/mol. The van der Waals surface area contributed by atoms with Gasteiger partial charge in [0.2, 0.25) is 0 Å². The lowest BCUT2D eigenvalue weighted by atomic mass is 9.91. The molecule has 2 atom stereocenters. The molecular weight excluding hydrogens is 246 g/mol. The van der Waals surface area contributed by atoms with Crippen molar-refractivity contribution in [2.75, 3.05) is 6.54 Å². The van der Waals surface area contributed by atoms with Crippen LogP contribution in [0.3, 0.4) is 0 Å². The second kappa shape index (κ2) is 5.96. The molecule has 1 N–H and O–H groups in total. The fraction of sp³-hybridized carbons (Fsp3) is 0.588. The number of fused-ring (bicyclic) bond motifs is 1. The van der Waals surface area contributed by atoms with Crippen molar-refractivity contribution in [1.29, 1.82) is 0 Å². The molecule has 1 fully saturated rings. The van der Waals surface area contributed by atoms with Crippen LogP contribution in [-0.4, -0.2) is 22.1 Å². The normalized spacial score (nSPS) is 23.3. The molecular formula is C17H25N3. The van der Waals surface area contributed by atoms with E-state index >= 15 is 0 Å². The number of aryl methyl sites for hydroxylation is 2. The van der Waals surface area contributed by atoms with Crippen LogP contribution in [0.15, 0.2) is 24.3 Å². The molecule has 0 radical (unpaired) electrons. The van der Waals surface area contributed by atoms with E-state index in [2.05, 4.69) is 48.0 Å². The molecule has 108 valence electrons. The molecule has 3 rings (SSSR count). The largest absolute Gasteiger partial charge is 0.328 e. The first-order valence-electron chi connectivity index (χ1n) is 7.95. The minimum Gasteiger partial charge on any atom is -0.328 e. The third kappa shape index (κ3) is 2.73. The number of rotatable bonds is 4. The first kappa shape index (κ1) is 13.6. The van der Waals surface area contributed by atoms with Crippen LogP contribution >= 0.6 is 0 Å². The molecule has 3 heteroatoms. The second-order valence-electron chi connectivity index (χ2n) is 6.05. The Morgan fingerprint density at radius 3 is 2.90 bits per heavy atom. The molecule has 2 heterocycles. The molecule has 3 nitrogen and oxygen atoms in total. The topological polar surface area (TPSA) is 29.9 Å². The van der Waals surface area contributed by atoms with E-state index in [1.165, 1.54) is 37.1 Å². The first-order chi connectivity index (χ1) is 9.78. The first-order valence-corrected chi connectivity index (χ1v) is 7.95. The standard InChI is InChI=1S/C17H25N3/c1-3-20-16-7-5-4-6-15(16)19-17(20)11-10-14-9-8-13(2)18-12-14/h4-7,13-14,18H,3,8-12H2,1-2H3. The second-order valence-corrected chi connectivity index (χ2v) is 6.05. The highest BCUT2D eigenvalue weighted by atomic mass is 15.1. The van der Waals surface area contributed by atoms with Gasteiger partial charge in [-0.15, -0.1) is 0 Å². The van der Waals surface area contributed by atoms with Crippen LogP contribution in [0.25, 0.3) is 11.0 Å². The molecule has 1 aromatic carbocycles. The van der Waals surface area contributed by atoms with Gasteiger partial charge in [-0.3, -0.25) is 0 Å². The summed E-state index contributed by atoms with van der Waals surface area (Å²) >= 11 is 0. The SMILES string of the molecule is CCn1c(CCC2CCC(C)NC2)nc2ccccc21. The molecule has 0 spiro atoms. The predicted octanol–water partition coefficient (Wildman–Crippen LogP) is 3.38. The maximum Gasteiger partial charge on any atom is 0.109 e. The van der Waals surface area contributed by atoms with E-state index in [0.717, 1.165) is 24.4 Å². The summed E-state index contributed by atoms with van der Waals surface area (Å²) in [5, 5.41) is 3.60. The van der Waals surface area contributed by atoms with Gasteiger partial charge >= 0.3 is 0 Å². The van der Waals surface area contributed by atoms with Crippen LogP contribution in [0.2, 0.25) is 0 Å². The van der Waals surface area contributed by atoms with Crippen molar-refractivity contribution in [2.24, 2.45) is 5.92 Å². The van der Waals surface area contributed by atoms with E-state index in [9.17, 15) is 0 Å². The zero-order valence-electron chi connectivity index (χ0n) is 12.6. The van der Waals surface area contributed by atoms with E-state index in [-0.39, 0.29) is 0 Å². The maximum absolute atomic E-state index is 4.83. The van der Waals surface area contributed by atoms with Crippen LogP contribution in [0.5, 0.6) is 0 Å². The van der Waals surface area contributed by atoms with Gasteiger partial charge in [0.05, 0.1) is 11.0 Å². The van der Waals surface area contributed by atoms with Crippen molar-refractivity contribution in [1.82, 2.24) is 14.9 Å². The summed E-state index contributed by atoms with van der Waals surface area (Å²) in [5.74, 6) is 2.07. The van der Waals surface area contributed by atoms with E-state index in [1.807, 2.05) is 0 Å². The summed E-state index contributed by atoms with van der Waals surface area (Å²) in [6.45, 7) is 6.68. The molecule has 20 heavy (non-hydrogen) atoms. The van der Waals surface area contributed by atoms with Crippen LogP contribution in [-0.2, 0) is 13.0 Å². The highest BCUT2D eigenvalue weighted by Crippen LogP contribution is 2.22. The number of hydrogen-bond acceptors (Lipinski definition) is 2. The number of para-hydroxylation sites is 2. The summed E-state index contributed by atoms with van der Waals surface area (Å²) in [6.07, 6.45) is 5.03. The summed E-state index contributed by atoms with van der Waals surface area (Å²) in [5.41, 5.74) is 2.42. The van der Waals surface area contributed by atoms with Gasteiger partial charge in [0.1, 0.15) is 5.82 Å². The Balaban J connectivity index is 1.71. The predicted molar refractivity (Wildman–Crippen MR) is 83.9 cm³/mol. The molecule has 0 bridgehead atoms. The van der Waals surface area contributed by atoms with E-state index < -0.39 is 0 Å². The Morgan fingerprint density at radius 1 is 1.30 bits per heavy atom. The Bertz CT molecular complexity index is 565. The highest BCUT2D eigenvalue weighted by molar-refractivity contribution is 5.75. The lowest BCUT2D eigenvalue weighted by molar-refractivity contribution is 0.307. The number of imidazole rings is 1. The average Bonchev–Trinajstić information content (AvgIpc) is 2.84. The molecule has 0 amide bonds. The maximum atomic E-state index is 4.83. The van der Waals surface area contributed by atoms with Gasteiger partial charge in [-0.1, -0.05) is 12.1 Å². The number of benzene rings is 1. The van der Waals surface area contributed by atoms with Gasteiger partial charge in [0.15, 0.2) is 0 Å². The van der Waals surface area contributed by atoms with Crippen molar-refractivity contribution in [2.45, 2.75) is 52.1 Å². The van der Waals surface area contributed by atoms with Crippen molar-refractivity contribution in [3.63, 3.8) is 0 Å². The minimum absolute atomic E-state index is 0.700. The van der Waals surface area contributed by atoms with Gasteiger partial charge < -0.3 is 9.88 Å². The van der Waals surface area contributed by atoms with Crippen LogP contribution in [0.1, 0.15) is 38.9 Å². The molecule has 0 saturated carbocycles. The van der Waals surface area contributed by atoms with Crippen LogP contribution in [0.4, 0.5) is 0 Å². The Morgan fingerprint density at radius 2 is 2.15 bits per heavy atom. The smallest absolute Gasteiger partial charge is 0.109 e. The molecule has 0 aliphatic carbocycles. The summed E-state index contributed by atoms with van der Waals surface area (Å²) in [7, 11) is 0. The number of aromatic nitrogens is 2. The Kier molecular flexibility index (Phi) is 4.06. The Labute approximate surface area is 121 Å². The van der Waals surface area contributed by atoms with E-state index in [4.69, 9.17) is 4.98 Å². The van der Waals surface area contributed by atoms with Gasteiger partial charge in [0, 0.05) is 19.0 Å². The van der Waals surface area contributed by atoms with Crippen LogP contribution in [0, 0.1) is 5.92 Å². The summed E-state index contributed by atoms with van der Waals surface area (Å²) in [4.78, 5) is 4.83. The summed E-state index contributed by atoms with van der Waals surface area (Å²) < 4.78 is 2.37. The number of nitrogens with zero attached hydrogens (tertiary/aromatic N) is 2. The number of piperidine rings is 1. The fourth-order valence-corrected chi connectivity index (χ4v) is 3.31. The zero-order valence-corrected chi connectivity index (χ0v) is 12.6. The number of hydrogen-bond donors (Lipinski definition) is 1. The molecule has 1 aromatic heterocycles. The van der Waals surface area contributed by atoms with Gasteiger partial charge in [-0.05, 0) is 57.7 Å². The van der Waals surface area contributed by atoms with Crippen molar-refractivity contribution in [3.8, 4) is 0 Å². The number of nitrogens with one attached hydrogen (secondary N) is 1. The third-order valence-electron chi connectivity index (χ3n) is 4.59. The molecule has 1 aliphatic rings. The molecule has 1 saturated heterocycles. The average molecular weight is 271 g/mol. The fourth-order valence-electron chi connectivity index (χ4n) is 3.31. The lowest BCUT2D eigenvalue weighted by Gasteiger charge is -2.27. The molecule has 2 aromatic rings. The molecule has 1 aliphatic heterocycles. The van der Waals surface area contributed by atoms with Gasteiger partial charge in [-0.2, -0.15) is 0 Å². The van der Waals surface area contributed by atoms with Crippen molar-refractivity contribution in [3.05, 3.63) is 30.1 Å². The van der Waals surface area contributed by atoms with E-state index in [0.29, 0.717) is 6.04 Å². The highest BCUT2D eigenvalue weighted by Gasteiger charge is 2.18. The van der Waals surface area contributed by atoms with Crippen LogP contribution < -0.4 is 5.32 Å². The van der Waals surface area contributed by atoms with Crippen molar-refractivity contribution < 1.29 is 0 Å². The van der Waals surface area contributed by atoms with Crippen molar-refractivity contribution >= 4 is 11.0 Å². The quantitative estimate of drug-likeness (QED) is 0.924.